The summed E-state index contributed by atoms with van der Waals surface area (Å²) in [5, 5.41) is 3.29. The normalized spacial score (nSPS) is 15.2. The summed E-state index contributed by atoms with van der Waals surface area (Å²) in [4.78, 5) is 32.5. The minimum absolute atomic E-state index is 0. The van der Waals surface area contributed by atoms with Crippen LogP contribution in [0.2, 0.25) is 0 Å². The number of ether oxygens (including phenoxy) is 1. The van der Waals surface area contributed by atoms with Crippen molar-refractivity contribution in [2.24, 2.45) is 10.9 Å². The number of carbonyl (C=O) groups is 2. The largest absolute Gasteiger partial charge is 0.466 e. The Labute approximate surface area is 174 Å². The number of carbonyl (C=O) groups excluding carboxylic acids is 2. The van der Waals surface area contributed by atoms with E-state index in [1.54, 1.807) is 0 Å². The summed E-state index contributed by atoms with van der Waals surface area (Å²) in [6, 6.07) is 0. The zero-order valence-corrected chi connectivity index (χ0v) is 19.0. The molecule has 0 aromatic rings. The van der Waals surface area contributed by atoms with Gasteiger partial charge in [0.15, 0.2) is 5.96 Å². The number of nitrogens with zero attached hydrogens (tertiary/aromatic N) is 3. The molecule has 1 amide bonds. The van der Waals surface area contributed by atoms with Crippen LogP contribution in [0.25, 0.3) is 0 Å². The van der Waals surface area contributed by atoms with Crippen LogP contribution in [-0.2, 0) is 14.3 Å². The van der Waals surface area contributed by atoms with Crippen LogP contribution in [0.4, 0.5) is 0 Å². The van der Waals surface area contributed by atoms with Gasteiger partial charge in [-0.3, -0.25) is 14.6 Å². The molecule has 0 aromatic carbocycles. The summed E-state index contributed by atoms with van der Waals surface area (Å²) in [6.45, 7) is 12.6. The fourth-order valence-electron chi connectivity index (χ4n) is 3.00. The lowest BCUT2D eigenvalue weighted by Crippen LogP contribution is -2.46. The van der Waals surface area contributed by atoms with Gasteiger partial charge >= 0.3 is 5.97 Å². The van der Waals surface area contributed by atoms with Crippen LogP contribution in [0.15, 0.2) is 4.99 Å². The first-order valence-electron chi connectivity index (χ1n) is 9.54. The van der Waals surface area contributed by atoms with Gasteiger partial charge in [-0.2, -0.15) is 0 Å². The third-order valence-corrected chi connectivity index (χ3v) is 4.45. The molecule has 0 spiro atoms. The van der Waals surface area contributed by atoms with Crippen LogP contribution >= 0.6 is 24.0 Å². The van der Waals surface area contributed by atoms with Gasteiger partial charge in [-0.05, 0) is 40.5 Å². The standard InChI is InChI=1S/C18H34N4O3.HI/c1-5-19-18(20-12-9-16(23)21(6-2)7-3)22-13-10-15(11-14-22)17(24)25-8-4;/h15H,5-14H2,1-4H3,(H,19,20);1H. The second-order valence-corrected chi connectivity index (χ2v) is 6.07. The lowest BCUT2D eigenvalue weighted by Gasteiger charge is -2.33. The Morgan fingerprint density at radius 2 is 1.77 bits per heavy atom. The first-order valence-corrected chi connectivity index (χ1v) is 9.54. The lowest BCUT2D eigenvalue weighted by atomic mass is 9.97. The van der Waals surface area contributed by atoms with E-state index in [1.165, 1.54) is 0 Å². The average molecular weight is 482 g/mol. The zero-order valence-electron chi connectivity index (χ0n) is 16.6. The highest BCUT2D eigenvalue weighted by molar-refractivity contribution is 14.0. The Morgan fingerprint density at radius 1 is 1.15 bits per heavy atom. The first-order chi connectivity index (χ1) is 12.1. The Hall–Kier alpha value is -1.06. The molecule has 26 heavy (non-hydrogen) atoms. The summed E-state index contributed by atoms with van der Waals surface area (Å²) in [5.74, 6) is 0.875. The summed E-state index contributed by atoms with van der Waals surface area (Å²) in [6.07, 6.45) is 1.99. The van der Waals surface area contributed by atoms with Gasteiger partial charge in [0, 0.05) is 39.1 Å². The number of hydrogen-bond acceptors (Lipinski definition) is 4. The van der Waals surface area contributed by atoms with Gasteiger partial charge in [0.1, 0.15) is 0 Å². The highest BCUT2D eigenvalue weighted by Gasteiger charge is 2.27. The number of esters is 1. The van der Waals surface area contributed by atoms with E-state index in [4.69, 9.17) is 4.74 Å². The van der Waals surface area contributed by atoms with E-state index < -0.39 is 0 Å². The number of piperidine rings is 1. The molecule has 0 radical (unpaired) electrons. The van der Waals surface area contributed by atoms with Crippen LogP contribution in [0.3, 0.4) is 0 Å². The number of guanidine groups is 1. The number of likely N-dealkylation sites (tertiary alicyclic amines) is 1. The van der Waals surface area contributed by atoms with Crippen molar-refractivity contribution < 1.29 is 14.3 Å². The number of rotatable bonds is 8. The number of aliphatic imine (C=N–C) groups is 1. The van der Waals surface area contributed by atoms with Crippen LogP contribution in [0, 0.1) is 5.92 Å². The molecule has 1 rings (SSSR count). The van der Waals surface area contributed by atoms with E-state index >= 15 is 0 Å². The third kappa shape index (κ3) is 8.09. The lowest BCUT2D eigenvalue weighted by molar-refractivity contribution is -0.149. The van der Waals surface area contributed by atoms with E-state index in [-0.39, 0.29) is 41.8 Å². The minimum Gasteiger partial charge on any atom is -0.466 e. The second-order valence-electron chi connectivity index (χ2n) is 6.07. The fraction of sp³-hybridized carbons (Fsp3) is 0.833. The van der Waals surface area contributed by atoms with Gasteiger partial charge in [-0.15, -0.1) is 24.0 Å². The van der Waals surface area contributed by atoms with Gasteiger partial charge in [0.25, 0.3) is 0 Å². The molecular formula is C18H35IN4O3. The monoisotopic (exact) mass is 482 g/mol. The maximum Gasteiger partial charge on any atom is 0.309 e. The van der Waals surface area contributed by atoms with E-state index in [1.807, 2.05) is 32.6 Å². The van der Waals surface area contributed by atoms with Crippen molar-refractivity contribution >= 4 is 41.8 Å². The van der Waals surface area contributed by atoms with Gasteiger partial charge in [-0.25, -0.2) is 0 Å². The van der Waals surface area contributed by atoms with Crippen molar-refractivity contribution in [1.29, 1.82) is 0 Å². The smallest absolute Gasteiger partial charge is 0.309 e. The number of halogens is 1. The molecule has 1 aliphatic heterocycles. The molecule has 152 valence electrons. The highest BCUT2D eigenvalue weighted by atomic mass is 127. The van der Waals surface area contributed by atoms with Crippen LogP contribution in [-0.4, -0.2) is 73.5 Å². The maximum atomic E-state index is 12.1. The van der Waals surface area contributed by atoms with Crippen molar-refractivity contribution in [1.82, 2.24) is 15.1 Å². The quantitative estimate of drug-likeness (QED) is 0.248. The van der Waals surface area contributed by atoms with Crippen LogP contribution in [0.1, 0.15) is 47.0 Å². The molecule has 1 fully saturated rings. The van der Waals surface area contributed by atoms with Gasteiger partial charge in [-0.1, -0.05) is 0 Å². The van der Waals surface area contributed by atoms with Gasteiger partial charge < -0.3 is 19.9 Å². The van der Waals surface area contributed by atoms with E-state index in [0.29, 0.717) is 19.6 Å². The summed E-state index contributed by atoms with van der Waals surface area (Å²) in [7, 11) is 0. The molecule has 1 saturated heterocycles. The molecule has 0 unspecified atom stereocenters. The maximum absolute atomic E-state index is 12.1. The number of hydrogen-bond donors (Lipinski definition) is 1. The van der Waals surface area contributed by atoms with Crippen molar-refractivity contribution in [3.05, 3.63) is 0 Å². The van der Waals surface area contributed by atoms with E-state index in [2.05, 4.69) is 15.2 Å². The molecule has 1 aliphatic rings. The van der Waals surface area contributed by atoms with Gasteiger partial charge in [0.05, 0.1) is 19.1 Å². The van der Waals surface area contributed by atoms with Gasteiger partial charge in [0.2, 0.25) is 5.91 Å². The Bertz CT molecular complexity index is 448. The number of amides is 1. The zero-order chi connectivity index (χ0) is 18.7. The van der Waals surface area contributed by atoms with Crippen LogP contribution in [0.5, 0.6) is 0 Å². The average Bonchev–Trinajstić information content (AvgIpc) is 2.62. The van der Waals surface area contributed by atoms with Crippen molar-refractivity contribution in [2.45, 2.75) is 47.0 Å². The summed E-state index contributed by atoms with van der Waals surface area (Å²) in [5.41, 5.74) is 0. The molecule has 0 aromatic heterocycles. The highest BCUT2D eigenvalue weighted by Crippen LogP contribution is 2.18. The Kier molecular flexibility index (Phi) is 13.5. The van der Waals surface area contributed by atoms with E-state index in [9.17, 15) is 9.59 Å². The van der Waals surface area contributed by atoms with Crippen molar-refractivity contribution in [2.75, 3.05) is 45.9 Å². The molecule has 7 nitrogen and oxygen atoms in total. The fourth-order valence-corrected chi connectivity index (χ4v) is 3.00. The van der Waals surface area contributed by atoms with Crippen LogP contribution < -0.4 is 5.32 Å². The molecule has 0 bridgehead atoms. The SMILES string of the molecule is CCNC(=NCCC(=O)N(CC)CC)N1CCC(C(=O)OCC)CC1.I. The summed E-state index contributed by atoms with van der Waals surface area (Å²) < 4.78 is 5.11. The third-order valence-electron chi connectivity index (χ3n) is 4.45. The molecule has 1 heterocycles. The topological polar surface area (TPSA) is 74.2 Å². The Balaban J connectivity index is 0.00000625. The molecule has 0 atom stereocenters. The molecule has 8 heteroatoms. The van der Waals surface area contributed by atoms with Crippen molar-refractivity contribution in [3.63, 3.8) is 0 Å². The molecule has 1 N–H and O–H groups in total. The number of nitrogens with one attached hydrogen (secondary N) is 1. The minimum atomic E-state index is -0.0890. The van der Waals surface area contributed by atoms with E-state index in [0.717, 1.165) is 51.5 Å². The molecule has 0 saturated carbocycles. The molecule has 0 aliphatic carbocycles. The first kappa shape index (κ1) is 24.9. The van der Waals surface area contributed by atoms with Crippen molar-refractivity contribution in [3.8, 4) is 0 Å². The second kappa shape index (κ2) is 14.1. The Morgan fingerprint density at radius 3 is 2.27 bits per heavy atom. The molecular weight excluding hydrogens is 447 g/mol. The summed E-state index contributed by atoms with van der Waals surface area (Å²) >= 11 is 0. The predicted octanol–water partition coefficient (Wildman–Crippen LogP) is 2.10. The predicted molar refractivity (Wildman–Crippen MR) is 115 cm³/mol.